The van der Waals surface area contributed by atoms with E-state index in [1.807, 2.05) is 0 Å². The van der Waals surface area contributed by atoms with Crippen LogP contribution >= 0.6 is 0 Å². The van der Waals surface area contributed by atoms with Crippen molar-refractivity contribution in [3.63, 3.8) is 0 Å². The molecule has 100 valence electrons. The summed E-state index contributed by atoms with van der Waals surface area (Å²) in [4.78, 5) is 11.3. The smallest absolute Gasteiger partial charge is 0.220 e. The third kappa shape index (κ3) is 13.1. The van der Waals surface area contributed by atoms with Crippen LogP contribution in [0, 0.1) is 0 Å². The van der Waals surface area contributed by atoms with Crippen molar-refractivity contribution in [2.75, 3.05) is 6.54 Å². The monoisotopic (exact) mass is 239 g/mol. The molecule has 2 heteroatoms. The molecular weight excluding hydrogens is 210 g/mol. The minimum atomic E-state index is 0.160. The van der Waals surface area contributed by atoms with Crippen LogP contribution in [0.3, 0.4) is 0 Å². The Kier molecular flexibility index (Phi) is 12.7. The van der Waals surface area contributed by atoms with Crippen LogP contribution in [0.2, 0.25) is 0 Å². The largest absolute Gasteiger partial charge is 0.353 e. The number of carbonyl (C=O) groups excluding carboxylic acids is 1. The zero-order valence-corrected chi connectivity index (χ0v) is 11.5. The number of rotatable bonds is 12. The summed E-state index contributed by atoms with van der Waals surface area (Å²) in [6.07, 6.45) is 14.0. The van der Waals surface area contributed by atoms with Gasteiger partial charge < -0.3 is 5.32 Å². The van der Waals surface area contributed by atoms with Crippen molar-refractivity contribution in [2.24, 2.45) is 0 Å². The fourth-order valence-corrected chi connectivity index (χ4v) is 1.87. The molecule has 0 aliphatic rings. The topological polar surface area (TPSA) is 29.1 Å². The van der Waals surface area contributed by atoms with Gasteiger partial charge in [-0.05, 0) is 6.42 Å². The summed E-state index contributed by atoms with van der Waals surface area (Å²) in [6.45, 7) is 6.41. The number of carbonyl (C=O) groups is 1. The molecular formula is C15H29NO. The van der Waals surface area contributed by atoms with Gasteiger partial charge in [-0.3, -0.25) is 4.79 Å². The highest BCUT2D eigenvalue weighted by atomic mass is 16.1. The molecule has 0 spiro atoms. The number of unbranched alkanes of at least 4 members (excludes halogenated alkanes) is 8. The Morgan fingerprint density at radius 3 is 2.06 bits per heavy atom. The van der Waals surface area contributed by atoms with E-state index < -0.39 is 0 Å². The van der Waals surface area contributed by atoms with Crippen LogP contribution in [0.5, 0.6) is 0 Å². The Balaban J connectivity index is 3.07. The molecule has 0 heterocycles. The highest BCUT2D eigenvalue weighted by molar-refractivity contribution is 5.75. The second-order valence-electron chi connectivity index (χ2n) is 4.67. The lowest BCUT2D eigenvalue weighted by Gasteiger charge is -2.03. The fraction of sp³-hybridized carbons (Fsp3) is 0.800. The molecule has 2 nitrogen and oxygen atoms in total. The van der Waals surface area contributed by atoms with Crippen molar-refractivity contribution >= 4 is 5.91 Å². The predicted octanol–water partition coefficient (Wildman–Crippen LogP) is 4.21. The van der Waals surface area contributed by atoms with Gasteiger partial charge in [0.15, 0.2) is 0 Å². The molecule has 0 aliphatic heterocycles. The third-order valence-corrected chi connectivity index (χ3v) is 2.95. The SMILES string of the molecule is C=CCNC(=O)CCCCCCCCCCC. The molecule has 0 fully saturated rings. The third-order valence-electron chi connectivity index (χ3n) is 2.95. The molecule has 17 heavy (non-hydrogen) atoms. The van der Waals surface area contributed by atoms with Crippen molar-refractivity contribution in [2.45, 2.75) is 71.1 Å². The number of amides is 1. The Morgan fingerprint density at radius 1 is 1.00 bits per heavy atom. The minimum Gasteiger partial charge on any atom is -0.353 e. The van der Waals surface area contributed by atoms with E-state index in [1.165, 1.54) is 51.4 Å². The summed E-state index contributed by atoms with van der Waals surface area (Å²) in [6, 6.07) is 0. The average Bonchev–Trinajstić information content (AvgIpc) is 2.34. The van der Waals surface area contributed by atoms with Crippen molar-refractivity contribution in [3.05, 3.63) is 12.7 Å². The van der Waals surface area contributed by atoms with E-state index in [1.54, 1.807) is 6.08 Å². The quantitative estimate of drug-likeness (QED) is 0.401. The minimum absolute atomic E-state index is 0.160. The Hall–Kier alpha value is -0.790. The highest BCUT2D eigenvalue weighted by Gasteiger charge is 1.98. The molecule has 1 amide bonds. The van der Waals surface area contributed by atoms with Crippen molar-refractivity contribution in [1.82, 2.24) is 5.32 Å². The standard InChI is InChI=1S/C15H29NO/c1-3-5-6-7-8-9-10-11-12-13-15(17)16-14-4-2/h4H,2-3,5-14H2,1H3,(H,16,17). The van der Waals surface area contributed by atoms with Crippen LogP contribution in [0.4, 0.5) is 0 Å². The lowest BCUT2D eigenvalue weighted by atomic mass is 10.1. The molecule has 0 saturated carbocycles. The van der Waals surface area contributed by atoms with E-state index in [0.717, 1.165) is 6.42 Å². The van der Waals surface area contributed by atoms with E-state index >= 15 is 0 Å². The van der Waals surface area contributed by atoms with E-state index in [2.05, 4.69) is 18.8 Å². The van der Waals surface area contributed by atoms with Crippen molar-refractivity contribution in [1.29, 1.82) is 0 Å². The van der Waals surface area contributed by atoms with Crippen molar-refractivity contribution < 1.29 is 4.79 Å². The summed E-state index contributed by atoms with van der Waals surface area (Å²) >= 11 is 0. The normalized spacial score (nSPS) is 10.2. The van der Waals surface area contributed by atoms with Crippen LogP contribution in [0.15, 0.2) is 12.7 Å². The number of hydrogen-bond donors (Lipinski definition) is 1. The first kappa shape index (κ1) is 16.2. The summed E-state index contributed by atoms with van der Waals surface area (Å²) in [5.41, 5.74) is 0. The summed E-state index contributed by atoms with van der Waals surface area (Å²) in [7, 11) is 0. The molecule has 1 N–H and O–H groups in total. The van der Waals surface area contributed by atoms with Gasteiger partial charge in [0.05, 0.1) is 0 Å². The zero-order valence-electron chi connectivity index (χ0n) is 11.5. The van der Waals surface area contributed by atoms with Gasteiger partial charge in [0.1, 0.15) is 0 Å². The van der Waals surface area contributed by atoms with E-state index in [9.17, 15) is 4.79 Å². The first-order valence-electron chi connectivity index (χ1n) is 7.18. The van der Waals surface area contributed by atoms with Crippen molar-refractivity contribution in [3.8, 4) is 0 Å². The summed E-state index contributed by atoms with van der Waals surface area (Å²) in [5.74, 6) is 0.160. The number of nitrogens with one attached hydrogen (secondary N) is 1. The summed E-state index contributed by atoms with van der Waals surface area (Å²) in [5, 5.41) is 2.80. The average molecular weight is 239 g/mol. The first-order valence-corrected chi connectivity index (χ1v) is 7.18. The molecule has 0 atom stereocenters. The maximum absolute atomic E-state index is 11.3. The fourth-order valence-electron chi connectivity index (χ4n) is 1.87. The molecule has 0 aromatic rings. The van der Waals surface area contributed by atoms with Gasteiger partial charge in [-0.25, -0.2) is 0 Å². The van der Waals surface area contributed by atoms with Crippen LogP contribution in [-0.4, -0.2) is 12.5 Å². The molecule has 0 aliphatic carbocycles. The second-order valence-corrected chi connectivity index (χ2v) is 4.67. The van der Waals surface area contributed by atoms with Gasteiger partial charge in [-0.15, -0.1) is 6.58 Å². The first-order chi connectivity index (χ1) is 8.31. The van der Waals surface area contributed by atoms with Crippen LogP contribution < -0.4 is 5.32 Å². The molecule has 0 saturated heterocycles. The number of hydrogen-bond acceptors (Lipinski definition) is 1. The van der Waals surface area contributed by atoms with Gasteiger partial charge in [0.2, 0.25) is 5.91 Å². The molecule has 0 aromatic heterocycles. The van der Waals surface area contributed by atoms with Gasteiger partial charge in [-0.2, -0.15) is 0 Å². The maximum Gasteiger partial charge on any atom is 0.220 e. The molecule has 0 rings (SSSR count). The Labute approximate surface area is 107 Å². The molecule has 0 unspecified atom stereocenters. The second kappa shape index (κ2) is 13.3. The Morgan fingerprint density at radius 2 is 1.53 bits per heavy atom. The van der Waals surface area contributed by atoms with Gasteiger partial charge in [0, 0.05) is 13.0 Å². The summed E-state index contributed by atoms with van der Waals surface area (Å²) < 4.78 is 0. The van der Waals surface area contributed by atoms with Crippen LogP contribution in [0.1, 0.15) is 71.1 Å². The molecule has 0 aromatic carbocycles. The predicted molar refractivity (Wildman–Crippen MR) is 75.1 cm³/mol. The van der Waals surface area contributed by atoms with E-state index in [-0.39, 0.29) is 5.91 Å². The zero-order chi connectivity index (χ0) is 12.8. The van der Waals surface area contributed by atoms with Gasteiger partial charge >= 0.3 is 0 Å². The van der Waals surface area contributed by atoms with E-state index in [0.29, 0.717) is 13.0 Å². The maximum atomic E-state index is 11.3. The highest BCUT2D eigenvalue weighted by Crippen LogP contribution is 2.10. The van der Waals surface area contributed by atoms with E-state index in [4.69, 9.17) is 0 Å². The lowest BCUT2D eigenvalue weighted by Crippen LogP contribution is -2.22. The van der Waals surface area contributed by atoms with Gasteiger partial charge in [-0.1, -0.05) is 64.4 Å². The van der Waals surface area contributed by atoms with Gasteiger partial charge in [0.25, 0.3) is 0 Å². The Bertz CT molecular complexity index is 189. The van der Waals surface area contributed by atoms with Crippen LogP contribution in [-0.2, 0) is 4.79 Å². The van der Waals surface area contributed by atoms with Crippen LogP contribution in [0.25, 0.3) is 0 Å². The molecule has 0 radical (unpaired) electrons. The molecule has 0 bridgehead atoms. The lowest BCUT2D eigenvalue weighted by molar-refractivity contribution is -0.121.